The molecule has 1 unspecified atom stereocenters. The Morgan fingerprint density at radius 3 is 2.38 bits per heavy atom. The zero-order valence-electron chi connectivity index (χ0n) is 10.2. The van der Waals surface area contributed by atoms with Crippen LogP contribution in [-0.4, -0.2) is 11.8 Å². The first kappa shape index (κ1) is 13.2. The highest BCUT2D eigenvalue weighted by Crippen LogP contribution is 2.23. The number of benzene rings is 1. The lowest BCUT2D eigenvalue weighted by Gasteiger charge is -2.25. The second-order valence-electron chi connectivity index (χ2n) is 5.17. The third-order valence-corrected chi connectivity index (χ3v) is 3.08. The van der Waals surface area contributed by atoms with Crippen molar-refractivity contribution in [3.05, 3.63) is 34.3 Å². The molecule has 1 rings (SSSR count). The van der Waals surface area contributed by atoms with Crippen LogP contribution in [0.15, 0.2) is 18.2 Å². The van der Waals surface area contributed by atoms with Crippen LogP contribution in [0.4, 0.5) is 0 Å². The van der Waals surface area contributed by atoms with E-state index < -0.39 is 6.04 Å². The van der Waals surface area contributed by atoms with Crippen molar-refractivity contribution in [1.29, 1.82) is 0 Å². The first-order valence-electron chi connectivity index (χ1n) is 5.29. The normalized spacial score (nSPS) is 13.6. The van der Waals surface area contributed by atoms with Crippen LogP contribution in [-0.2, 0) is 0 Å². The molecule has 0 aliphatic carbocycles. The highest BCUT2D eigenvalue weighted by atomic mass is 35.5. The van der Waals surface area contributed by atoms with Crippen molar-refractivity contribution < 1.29 is 4.79 Å². The monoisotopic (exact) mass is 239 g/mol. The molecule has 2 N–H and O–H groups in total. The van der Waals surface area contributed by atoms with Crippen LogP contribution in [0.3, 0.4) is 0 Å². The molecule has 3 heteroatoms. The smallest absolute Gasteiger partial charge is 0.180 e. The molecule has 0 bridgehead atoms. The average molecular weight is 240 g/mol. The van der Waals surface area contributed by atoms with E-state index in [4.69, 9.17) is 17.3 Å². The van der Waals surface area contributed by atoms with Crippen molar-refractivity contribution in [2.24, 2.45) is 11.1 Å². The minimum Gasteiger partial charge on any atom is -0.321 e. The fourth-order valence-corrected chi connectivity index (χ4v) is 1.49. The van der Waals surface area contributed by atoms with Crippen molar-refractivity contribution in [1.82, 2.24) is 0 Å². The highest BCUT2D eigenvalue weighted by molar-refractivity contribution is 6.31. The molecule has 1 atom stereocenters. The summed E-state index contributed by atoms with van der Waals surface area (Å²) in [6.45, 7) is 7.75. The van der Waals surface area contributed by atoms with E-state index in [9.17, 15) is 4.79 Å². The van der Waals surface area contributed by atoms with Crippen LogP contribution in [0, 0.1) is 12.3 Å². The molecule has 0 aromatic heterocycles. The molecule has 0 spiro atoms. The number of hydrogen-bond acceptors (Lipinski definition) is 2. The van der Waals surface area contributed by atoms with Gasteiger partial charge in [-0.2, -0.15) is 0 Å². The topological polar surface area (TPSA) is 43.1 Å². The number of carbonyl (C=O) groups excluding carboxylic acids is 1. The summed E-state index contributed by atoms with van der Waals surface area (Å²) in [6, 6.07) is 4.76. The summed E-state index contributed by atoms with van der Waals surface area (Å²) in [5.41, 5.74) is 7.23. The molecule has 0 saturated carbocycles. The van der Waals surface area contributed by atoms with Crippen LogP contribution >= 0.6 is 11.6 Å². The molecule has 1 aromatic rings. The second-order valence-corrected chi connectivity index (χ2v) is 5.58. The molecule has 0 amide bonds. The minimum absolute atomic E-state index is 0.0349. The molecule has 88 valence electrons. The van der Waals surface area contributed by atoms with Crippen molar-refractivity contribution in [2.45, 2.75) is 33.7 Å². The van der Waals surface area contributed by atoms with E-state index in [0.29, 0.717) is 10.6 Å². The second kappa shape index (κ2) is 4.56. The van der Waals surface area contributed by atoms with Gasteiger partial charge in [0.25, 0.3) is 0 Å². The quantitative estimate of drug-likeness (QED) is 0.806. The predicted molar refractivity (Wildman–Crippen MR) is 67.9 cm³/mol. The van der Waals surface area contributed by atoms with Crippen molar-refractivity contribution >= 4 is 17.4 Å². The van der Waals surface area contributed by atoms with Gasteiger partial charge in [0, 0.05) is 10.6 Å². The lowest BCUT2D eigenvalue weighted by molar-refractivity contribution is 0.0901. The lowest BCUT2D eigenvalue weighted by Crippen LogP contribution is -2.42. The van der Waals surface area contributed by atoms with Gasteiger partial charge in [0.1, 0.15) is 0 Å². The maximum atomic E-state index is 12.1. The first-order chi connectivity index (χ1) is 7.23. The van der Waals surface area contributed by atoms with Gasteiger partial charge in [0.15, 0.2) is 5.78 Å². The Morgan fingerprint density at radius 2 is 1.94 bits per heavy atom. The van der Waals surface area contributed by atoms with E-state index >= 15 is 0 Å². The average Bonchev–Trinajstić information content (AvgIpc) is 2.18. The molecule has 0 aliphatic heterocycles. The van der Waals surface area contributed by atoms with Crippen molar-refractivity contribution in [3.8, 4) is 0 Å². The number of Topliss-reactive ketones (excluding diaryl/α,β-unsaturated/α-hetero) is 1. The van der Waals surface area contributed by atoms with Gasteiger partial charge in [0.05, 0.1) is 6.04 Å². The summed E-state index contributed by atoms with van der Waals surface area (Å²) in [6.07, 6.45) is 0. The van der Waals surface area contributed by atoms with Crippen LogP contribution in [0.1, 0.15) is 36.7 Å². The van der Waals surface area contributed by atoms with E-state index in [2.05, 4.69) is 0 Å². The van der Waals surface area contributed by atoms with Gasteiger partial charge in [0.2, 0.25) is 0 Å². The van der Waals surface area contributed by atoms with Crippen molar-refractivity contribution in [2.75, 3.05) is 0 Å². The molecule has 16 heavy (non-hydrogen) atoms. The Hall–Kier alpha value is -0.860. The number of nitrogens with two attached hydrogens (primary N) is 1. The Morgan fingerprint density at radius 1 is 1.38 bits per heavy atom. The summed E-state index contributed by atoms with van der Waals surface area (Å²) in [5.74, 6) is -0.0349. The van der Waals surface area contributed by atoms with Crippen LogP contribution < -0.4 is 5.73 Å². The molecule has 0 heterocycles. The minimum atomic E-state index is -0.493. The van der Waals surface area contributed by atoms with Crippen LogP contribution in [0.25, 0.3) is 0 Å². The van der Waals surface area contributed by atoms with Crippen LogP contribution in [0.5, 0.6) is 0 Å². The number of hydrogen-bond donors (Lipinski definition) is 1. The van der Waals surface area contributed by atoms with Crippen molar-refractivity contribution in [3.63, 3.8) is 0 Å². The molecular weight excluding hydrogens is 222 g/mol. The number of halogens is 1. The molecule has 2 nitrogen and oxygen atoms in total. The Balaban J connectivity index is 3.02. The molecule has 0 radical (unpaired) electrons. The lowest BCUT2D eigenvalue weighted by atomic mass is 9.83. The van der Waals surface area contributed by atoms with E-state index in [-0.39, 0.29) is 11.2 Å². The zero-order chi connectivity index (χ0) is 12.5. The molecule has 1 aromatic carbocycles. The predicted octanol–water partition coefficient (Wildman–Crippen LogP) is 3.20. The van der Waals surface area contributed by atoms with E-state index in [1.807, 2.05) is 27.7 Å². The van der Waals surface area contributed by atoms with Gasteiger partial charge in [-0.3, -0.25) is 4.79 Å². The summed E-state index contributed by atoms with van der Waals surface area (Å²) < 4.78 is 0. The summed E-state index contributed by atoms with van der Waals surface area (Å²) in [4.78, 5) is 12.1. The maximum absolute atomic E-state index is 12.1. The van der Waals surface area contributed by atoms with Gasteiger partial charge in [-0.05, 0) is 36.1 Å². The van der Waals surface area contributed by atoms with E-state index in [0.717, 1.165) is 5.56 Å². The molecule has 0 saturated heterocycles. The highest BCUT2D eigenvalue weighted by Gasteiger charge is 2.28. The number of carbonyl (C=O) groups is 1. The fraction of sp³-hybridized carbons (Fsp3) is 0.462. The van der Waals surface area contributed by atoms with Gasteiger partial charge in [-0.15, -0.1) is 0 Å². The summed E-state index contributed by atoms with van der Waals surface area (Å²) in [5, 5.41) is 0.667. The third-order valence-electron chi connectivity index (χ3n) is 2.66. The number of ketones is 1. The van der Waals surface area contributed by atoms with Gasteiger partial charge in [-0.25, -0.2) is 0 Å². The zero-order valence-corrected chi connectivity index (χ0v) is 10.9. The SMILES string of the molecule is Cc1cc(C(=O)C(N)C(C)(C)C)ccc1Cl. The summed E-state index contributed by atoms with van der Waals surface area (Å²) in [7, 11) is 0. The number of aryl methyl sites for hydroxylation is 1. The third kappa shape index (κ3) is 2.83. The van der Waals surface area contributed by atoms with Gasteiger partial charge < -0.3 is 5.73 Å². The Bertz CT molecular complexity index is 407. The van der Waals surface area contributed by atoms with E-state index in [1.165, 1.54) is 0 Å². The number of rotatable bonds is 2. The molecule has 0 aliphatic rings. The van der Waals surface area contributed by atoms with E-state index in [1.54, 1.807) is 18.2 Å². The Labute approximate surface area is 102 Å². The Kier molecular flexibility index (Phi) is 3.76. The molecular formula is C13H18ClNO. The standard InChI is InChI=1S/C13H18ClNO/c1-8-7-9(5-6-10(8)14)11(16)12(15)13(2,3)4/h5-7,12H,15H2,1-4H3. The maximum Gasteiger partial charge on any atom is 0.180 e. The van der Waals surface area contributed by atoms with Crippen LogP contribution in [0.2, 0.25) is 5.02 Å². The van der Waals surface area contributed by atoms with Gasteiger partial charge >= 0.3 is 0 Å². The molecule has 0 fully saturated rings. The van der Waals surface area contributed by atoms with Gasteiger partial charge in [-0.1, -0.05) is 32.4 Å². The fourth-order valence-electron chi connectivity index (χ4n) is 1.37. The largest absolute Gasteiger partial charge is 0.321 e. The summed E-state index contributed by atoms with van der Waals surface area (Å²) >= 11 is 5.91. The first-order valence-corrected chi connectivity index (χ1v) is 5.67.